The highest BCUT2D eigenvalue weighted by molar-refractivity contribution is 5.92. The number of carbonyl (C=O) groups is 4. The van der Waals surface area contributed by atoms with Gasteiger partial charge in [0.2, 0.25) is 23.6 Å². The predicted octanol–water partition coefficient (Wildman–Crippen LogP) is -0.105. The van der Waals surface area contributed by atoms with Gasteiger partial charge in [0.25, 0.3) is 0 Å². The molecule has 2 atom stereocenters. The van der Waals surface area contributed by atoms with E-state index in [-0.39, 0.29) is 24.9 Å². The van der Waals surface area contributed by atoms with Gasteiger partial charge in [-0.2, -0.15) is 0 Å². The summed E-state index contributed by atoms with van der Waals surface area (Å²) in [5.74, 6) is -1.56. The van der Waals surface area contributed by atoms with E-state index in [1.165, 1.54) is 0 Å². The van der Waals surface area contributed by atoms with Gasteiger partial charge >= 0.3 is 0 Å². The molecule has 4 N–H and O–H groups in total. The van der Waals surface area contributed by atoms with Crippen LogP contribution in [0.1, 0.15) is 53.4 Å². The van der Waals surface area contributed by atoms with Gasteiger partial charge in [0.05, 0.1) is 52.8 Å². The first-order valence-electron chi connectivity index (χ1n) is 12.8. The molecule has 0 bridgehead atoms. The van der Waals surface area contributed by atoms with E-state index in [2.05, 4.69) is 28.2 Å². The molecule has 4 amide bonds. The van der Waals surface area contributed by atoms with Gasteiger partial charge in [-0.15, -0.1) is 0 Å². The number of ether oxygens (including phenoxy) is 4. The summed E-state index contributed by atoms with van der Waals surface area (Å²) in [7, 11) is 0. The molecule has 0 aliphatic rings. The molecule has 36 heavy (non-hydrogen) atoms. The van der Waals surface area contributed by atoms with Gasteiger partial charge in [-0.1, -0.05) is 20.3 Å². The van der Waals surface area contributed by atoms with Crippen LogP contribution in [-0.4, -0.2) is 102 Å². The Kier molecular flexibility index (Phi) is 21.7. The topological polar surface area (TPSA) is 153 Å². The van der Waals surface area contributed by atoms with E-state index in [9.17, 15) is 19.2 Å². The minimum Gasteiger partial charge on any atom is -0.379 e. The molecule has 0 heterocycles. The first-order valence-corrected chi connectivity index (χ1v) is 12.8. The highest BCUT2D eigenvalue weighted by Gasteiger charge is 2.18. The Bertz CT molecular complexity index is 621. The Morgan fingerprint density at radius 1 is 0.611 bits per heavy atom. The van der Waals surface area contributed by atoms with Gasteiger partial charge in [0.15, 0.2) is 0 Å². The number of nitrogens with one attached hydrogen (secondary N) is 4. The maximum atomic E-state index is 12.1. The number of unbranched alkanes of at least 4 members (excludes halogenated alkanes) is 1. The van der Waals surface area contributed by atoms with Gasteiger partial charge in [-0.25, -0.2) is 0 Å². The molecule has 2 unspecified atom stereocenters. The molecular weight excluding hydrogens is 472 g/mol. The molecule has 0 rings (SSSR count). The van der Waals surface area contributed by atoms with E-state index >= 15 is 0 Å². The van der Waals surface area contributed by atoms with Crippen LogP contribution in [0.5, 0.6) is 0 Å². The molecule has 0 fully saturated rings. The zero-order chi connectivity index (χ0) is 27.0. The lowest BCUT2D eigenvalue weighted by Gasteiger charge is -2.16. The number of carbonyl (C=O) groups excluding carboxylic acids is 4. The summed E-state index contributed by atoms with van der Waals surface area (Å²) < 4.78 is 21.4. The third-order valence-electron chi connectivity index (χ3n) is 4.73. The molecule has 0 saturated carbocycles. The van der Waals surface area contributed by atoms with Gasteiger partial charge in [-0.3, -0.25) is 19.2 Å². The fourth-order valence-corrected chi connectivity index (χ4v) is 2.70. The van der Waals surface area contributed by atoms with Crippen molar-refractivity contribution in [2.45, 2.75) is 65.5 Å². The Morgan fingerprint density at radius 3 is 1.61 bits per heavy atom. The highest BCUT2D eigenvalue weighted by Crippen LogP contribution is 1.94. The van der Waals surface area contributed by atoms with Crippen molar-refractivity contribution in [3.05, 3.63) is 0 Å². The van der Waals surface area contributed by atoms with Crippen LogP contribution in [0, 0.1) is 0 Å². The van der Waals surface area contributed by atoms with Crippen molar-refractivity contribution in [1.29, 1.82) is 0 Å². The van der Waals surface area contributed by atoms with Gasteiger partial charge in [-0.05, 0) is 26.7 Å². The van der Waals surface area contributed by atoms with Gasteiger partial charge < -0.3 is 40.2 Å². The van der Waals surface area contributed by atoms with E-state index in [4.69, 9.17) is 18.9 Å². The third-order valence-corrected chi connectivity index (χ3v) is 4.73. The van der Waals surface area contributed by atoms with Crippen LogP contribution >= 0.6 is 0 Å². The lowest BCUT2D eigenvalue weighted by Crippen LogP contribution is -2.50. The molecule has 0 aromatic carbocycles. The number of rotatable bonds is 23. The molecule has 0 radical (unpaired) electrons. The number of hydrogen-bond donors (Lipinski definition) is 4. The zero-order valence-corrected chi connectivity index (χ0v) is 22.3. The molecule has 210 valence electrons. The van der Waals surface area contributed by atoms with Crippen LogP contribution in [0.4, 0.5) is 0 Å². The second-order valence-electron chi connectivity index (χ2n) is 8.14. The van der Waals surface area contributed by atoms with Crippen molar-refractivity contribution in [3.63, 3.8) is 0 Å². The third kappa shape index (κ3) is 20.0. The molecule has 12 nitrogen and oxygen atoms in total. The zero-order valence-electron chi connectivity index (χ0n) is 22.3. The van der Waals surface area contributed by atoms with Crippen LogP contribution < -0.4 is 21.3 Å². The van der Waals surface area contributed by atoms with Gasteiger partial charge in [0, 0.05) is 19.6 Å². The summed E-state index contributed by atoms with van der Waals surface area (Å²) in [5, 5.41) is 10.2. The molecule has 0 spiro atoms. The molecular formula is C24H46N4O8. The summed E-state index contributed by atoms with van der Waals surface area (Å²) in [6, 6.07) is -1.53. The minimum atomic E-state index is -0.781. The van der Waals surface area contributed by atoms with Crippen LogP contribution in [0.2, 0.25) is 0 Å². The SMILES string of the molecule is CCCCC(=O)NC(C)C(=O)NCC(=O)NC(C)C(=O)NCCOCCOCCOCCOCCC. The maximum absolute atomic E-state index is 12.1. The van der Waals surface area contributed by atoms with Crippen molar-refractivity contribution in [1.82, 2.24) is 21.3 Å². The molecule has 0 aromatic heterocycles. The summed E-state index contributed by atoms with van der Waals surface area (Å²) in [6.45, 7) is 11.0. The fraction of sp³-hybridized carbons (Fsp3) is 0.833. The smallest absolute Gasteiger partial charge is 0.242 e. The molecule has 0 aliphatic carbocycles. The van der Waals surface area contributed by atoms with E-state index in [1.54, 1.807) is 13.8 Å². The second kappa shape index (κ2) is 23.1. The predicted molar refractivity (Wildman–Crippen MR) is 134 cm³/mol. The lowest BCUT2D eigenvalue weighted by atomic mass is 10.2. The highest BCUT2D eigenvalue weighted by atomic mass is 16.6. The number of hydrogen-bond acceptors (Lipinski definition) is 8. The monoisotopic (exact) mass is 518 g/mol. The summed E-state index contributed by atoms with van der Waals surface area (Å²) in [6.07, 6.45) is 2.97. The van der Waals surface area contributed by atoms with Crippen LogP contribution in [0.15, 0.2) is 0 Å². The summed E-state index contributed by atoms with van der Waals surface area (Å²) in [5.41, 5.74) is 0. The minimum absolute atomic E-state index is 0.209. The number of amides is 4. The van der Waals surface area contributed by atoms with Crippen molar-refractivity contribution in [2.75, 3.05) is 65.9 Å². The van der Waals surface area contributed by atoms with Crippen molar-refractivity contribution >= 4 is 23.6 Å². The van der Waals surface area contributed by atoms with E-state index < -0.39 is 23.9 Å². The average Bonchev–Trinajstić information content (AvgIpc) is 2.85. The first kappa shape index (κ1) is 33.7. The van der Waals surface area contributed by atoms with Crippen molar-refractivity contribution < 1.29 is 38.1 Å². The Labute approximate surface area is 214 Å². The van der Waals surface area contributed by atoms with E-state index in [0.29, 0.717) is 52.7 Å². The molecule has 0 saturated heterocycles. The Balaban J connectivity index is 3.73. The quantitative estimate of drug-likeness (QED) is 0.137. The first-order chi connectivity index (χ1) is 17.3. The standard InChI is InChI=1S/C24H46N4O8/c1-5-7-8-21(29)27-20(4)24(32)26-18-22(30)28-19(3)23(31)25-9-11-34-13-15-36-17-16-35-14-12-33-10-6-2/h19-20H,5-18H2,1-4H3,(H,25,31)(H,26,32)(H,27,29)(H,28,30). The average molecular weight is 519 g/mol. The maximum Gasteiger partial charge on any atom is 0.242 e. The van der Waals surface area contributed by atoms with Crippen LogP contribution in [0.3, 0.4) is 0 Å². The summed E-state index contributed by atoms with van der Waals surface area (Å²) in [4.78, 5) is 47.8. The van der Waals surface area contributed by atoms with Crippen molar-refractivity contribution in [2.24, 2.45) is 0 Å². The molecule has 12 heteroatoms. The van der Waals surface area contributed by atoms with E-state index in [0.717, 1.165) is 25.9 Å². The van der Waals surface area contributed by atoms with Gasteiger partial charge in [0.1, 0.15) is 12.1 Å². The fourth-order valence-electron chi connectivity index (χ4n) is 2.70. The Morgan fingerprint density at radius 2 is 1.08 bits per heavy atom. The summed E-state index contributed by atoms with van der Waals surface area (Å²) >= 11 is 0. The largest absolute Gasteiger partial charge is 0.379 e. The van der Waals surface area contributed by atoms with E-state index in [1.807, 2.05) is 6.92 Å². The second-order valence-corrected chi connectivity index (χ2v) is 8.14. The molecule has 0 aromatic rings. The molecule has 0 aliphatic heterocycles. The van der Waals surface area contributed by atoms with Crippen molar-refractivity contribution in [3.8, 4) is 0 Å². The lowest BCUT2D eigenvalue weighted by molar-refractivity contribution is -0.131. The Hall–Kier alpha value is -2.28. The van der Waals surface area contributed by atoms with Crippen LogP contribution in [-0.2, 0) is 38.1 Å². The normalized spacial score (nSPS) is 12.4. The van der Waals surface area contributed by atoms with Crippen LogP contribution in [0.25, 0.3) is 0 Å².